The number of ether oxygens (including phenoxy) is 4. The SMILES string of the molecule is COCCOc1cccc2c1CCN(c1ncnc3cc(OC)c(OC)cc13)C2. The van der Waals surface area contributed by atoms with Crippen LogP contribution in [-0.2, 0) is 17.7 Å². The zero-order chi connectivity index (χ0) is 20.2. The van der Waals surface area contributed by atoms with E-state index in [0.29, 0.717) is 24.7 Å². The number of nitrogens with zero attached hydrogens (tertiary/aromatic N) is 3. The van der Waals surface area contributed by atoms with Crippen LogP contribution in [0.4, 0.5) is 5.82 Å². The van der Waals surface area contributed by atoms with Crippen LogP contribution < -0.4 is 19.1 Å². The van der Waals surface area contributed by atoms with Crippen molar-refractivity contribution in [3.8, 4) is 17.2 Å². The maximum atomic E-state index is 5.91. The smallest absolute Gasteiger partial charge is 0.162 e. The Morgan fingerprint density at radius 3 is 2.59 bits per heavy atom. The van der Waals surface area contributed by atoms with Gasteiger partial charge in [-0.2, -0.15) is 0 Å². The second kappa shape index (κ2) is 8.53. The number of anilines is 1. The van der Waals surface area contributed by atoms with Gasteiger partial charge in [0.05, 0.1) is 26.3 Å². The van der Waals surface area contributed by atoms with Gasteiger partial charge in [0.25, 0.3) is 0 Å². The van der Waals surface area contributed by atoms with E-state index >= 15 is 0 Å². The first kappa shape index (κ1) is 19.3. The molecule has 0 amide bonds. The van der Waals surface area contributed by atoms with Gasteiger partial charge < -0.3 is 23.8 Å². The van der Waals surface area contributed by atoms with E-state index in [1.165, 1.54) is 11.1 Å². The number of hydrogen-bond acceptors (Lipinski definition) is 7. The maximum Gasteiger partial charge on any atom is 0.162 e. The van der Waals surface area contributed by atoms with Crippen molar-refractivity contribution in [2.24, 2.45) is 0 Å². The second-order valence-corrected chi connectivity index (χ2v) is 6.83. The summed E-state index contributed by atoms with van der Waals surface area (Å²) >= 11 is 0. The Balaban J connectivity index is 1.66. The van der Waals surface area contributed by atoms with Gasteiger partial charge in [-0.1, -0.05) is 12.1 Å². The zero-order valence-corrected chi connectivity index (χ0v) is 17.0. The highest BCUT2D eigenvalue weighted by atomic mass is 16.5. The van der Waals surface area contributed by atoms with E-state index in [1.54, 1.807) is 27.7 Å². The van der Waals surface area contributed by atoms with Crippen molar-refractivity contribution in [2.45, 2.75) is 13.0 Å². The molecule has 0 radical (unpaired) electrons. The number of aromatic nitrogens is 2. The van der Waals surface area contributed by atoms with E-state index in [0.717, 1.165) is 42.0 Å². The van der Waals surface area contributed by atoms with Crippen molar-refractivity contribution < 1.29 is 18.9 Å². The van der Waals surface area contributed by atoms with Gasteiger partial charge in [0, 0.05) is 37.2 Å². The van der Waals surface area contributed by atoms with Crippen LogP contribution in [0.5, 0.6) is 17.2 Å². The van der Waals surface area contributed by atoms with Gasteiger partial charge in [0.15, 0.2) is 11.5 Å². The Kier molecular flexibility index (Phi) is 5.67. The average Bonchev–Trinajstić information content (AvgIpc) is 2.77. The van der Waals surface area contributed by atoms with E-state index in [4.69, 9.17) is 18.9 Å². The third-order valence-corrected chi connectivity index (χ3v) is 5.19. The van der Waals surface area contributed by atoms with Crippen molar-refractivity contribution in [3.05, 3.63) is 47.8 Å². The van der Waals surface area contributed by atoms with E-state index in [1.807, 2.05) is 24.3 Å². The summed E-state index contributed by atoms with van der Waals surface area (Å²) in [7, 11) is 4.94. The zero-order valence-electron chi connectivity index (χ0n) is 17.0. The summed E-state index contributed by atoms with van der Waals surface area (Å²) in [4.78, 5) is 11.3. The molecule has 0 bridgehead atoms. The van der Waals surface area contributed by atoms with Crippen molar-refractivity contribution in [1.29, 1.82) is 0 Å². The van der Waals surface area contributed by atoms with Crippen molar-refractivity contribution >= 4 is 16.7 Å². The van der Waals surface area contributed by atoms with Crippen LogP contribution in [0.2, 0.25) is 0 Å². The van der Waals surface area contributed by atoms with Gasteiger partial charge in [0.1, 0.15) is 24.5 Å². The lowest BCUT2D eigenvalue weighted by Gasteiger charge is -2.31. The molecular formula is C22H25N3O4. The van der Waals surface area contributed by atoms with Crippen molar-refractivity contribution in [3.63, 3.8) is 0 Å². The topological polar surface area (TPSA) is 65.9 Å². The average molecular weight is 395 g/mol. The summed E-state index contributed by atoms with van der Waals surface area (Å²) in [5.74, 6) is 3.17. The van der Waals surface area contributed by atoms with E-state index in [-0.39, 0.29) is 0 Å². The summed E-state index contributed by atoms with van der Waals surface area (Å²) < 4.78 is 21.9. The van der Waals surface area contributed by atoms with Crippen LogP contribution in [-0.4, -0.2) is 51.1 Å². The highest BCUT2D eigenvalue weighted by Crippen LogP contribution is 2.37. The largest absolute Gasteiger partial charge is 0.493 e. The summed E-state index contributed by atoms with van der Waals surface area (Å²) in [5, 5.41) is 0.945. The van der Waals surface area contributed by atoms with Crippen LogP contribution >= 0.6 is 0 Å². The quantitative estimate of drug-likeness (QED) is 0.569. The molecule has 0 saturated carbocycles. The fraction of sp³-hybridized carbons (Fsp3) is 0.364. The molecule has 2 heterocycles. The summed E-state index contributed by atoms with van der Waals surface area (Å²) in [6.45, 7) is 2.73. The second-order valence-electron chi connectivity index (χ2n) is 6.83. The van der Waals surface area contributed by atoms with Gasteiger partial charge in [-0.15, -0.1) is 0 Å². The lowest BCUT2D eigenvalue weighted by molar-refractivity contribution is 0.145. The molecule has 4 rings (SSSR count). The monoisotopic (exact) mass is 395 g/mol. The maximum absolute atomic E-state index is 5.91. The third kappa shape index (κ3) is 3.78. The standard InChI is InChI=1S/C22H25N3O4/c1-26-9-10-29-19-6-4-5-15-13-25(8-7-16(15)19)22-17-11-20(27-2)21(28-3)12-18(17)23-14-24-22/h4-6,11-12,14H,7-10,13H2,1-3H3. The minimum atomic E-state index is 0.550. The molecule has 0 aliphatic carbocycles. The lowest BCUT2D eigenvalue weighted by Crippen LogP contribution is -2.31. The first-order chi connectivity index (χ1) is 14.2. The molecule has 0 fully saturated rings. The summed E-state index contributed by atoms with van der Waals surface area (Å²) in [6.07, 6.45) is 2.49. The number of methoxy groups -OCH3 is 3. The molecule has 7 heteroatoms. The van der Waals surface area contributed by atoms with Crippen LogP contribution in [0, 0.1) is 0 Å². The molecule has 2 aromatic carbocycles. The minimum absolute atomic E-state index is 0.550. The van der Waals surface area contributed by atoms with E-state index < -0.39 is 0 Å². The van der Waals surface area contributed by atoms with Gasteiger partial charge in [0.2, 0.25) is 0 Å². The molecule has 1 aliphatic heterocycles. The molecule has 0 saturated heterocycles. The molecule has 0 unspecified atom stereocenters. The minimum Gasteiger partial charge on any atom is -0.493 e. The fourth-order valence-corrected chi connectivity index (χ4v) is 3.75. The summed E-state index contributed by atoms with van der Waals surface area (Å²) in [5.41, 5.74) is 3.34. The fourth-order valence-electron chi connectivity index (χ4n) is 3.75. The molecule has 0 atom stereocenters. The van der Waals surface area contributed by atoms with Crippen LogP contribution in [0.15, 0.2) is 36.7 Å². The molecule has 7 nitrogen and oxygen atoms in total. The molecular weight excluding hydrogens is 370 g/mol. The first-order valence-electron chi connectivity index (χ1n) is 9.59. The molecule has 3 aromatic rings. The van der Waals surface area contributed by atoms with Gasteiger partial charge in [-0.3, -0.25) is 0 Å². The highest BCUT2D eigenvalue weighted by molar-refractivity contribution is 5.92. The predicted molar refractivity (Wildman–Crippen MR) is 111 cm³/mol. The first-order valence-corrected chi connectivity index (χ1v) is 9.59. The Morgan fingerprint density at radius 1 is 0.966 bits per heavy atom. The third-order valence-electron chi connectivity index (χ3n) is 5.19. The Hall–Kier alpha value is -3.06. The summed E-state index contributed by atoms with van der Waals surface area (Å²) in [6, 6.07) is 10.1. The molecule has 1 aromatic heterocycles. The van der Waals surface area contributed by atoms with Crippen molar-refractivity contribution in [1.82, 2.24) is 9.97 Å². The van der Waals surface area contributed by atoms with E-state index in [2.05, 4.69) is 20.9 Å². The number of benzene rings is 2. The highest BCUT2D eigenvalue weighted by Gasteiger charge is 2.23. The molecule has 152 valence electrons. The van der Waals surface area contributed by atoms with E-state index in [9.17, 15) is 0 Å². The van der Waals surface area contributed by atoms with Gasteiger partial charge >= 0.3 is 0 Å². The normalized spacial score (nSPS) is 13.3. The molecule has 0 N–H and O–H groups in total. The van der Waals surface area contributed by atoms with Crippen LogP contribution in [0.25, 0.3) is 10.9 Å². The number of rotatable bonds is 7. The Labute approximate surface area is 170 Å². The van der Waals surface area contributed by atoms with Crippen molar-refractivity contribution in [2.75, 3.05) is 46.0 Å². The lowest BCUT2D eigenvalue weighted by atomic mass is 9.98. The van der Waals surface area contributed by atoms with Crippen LogP contribution in [0.3, 0.4) is 0 Å². The molecule has 0 spiro atoms. The predicted octanol–water partition coefficient (Wildman–Crippen LogP) is 3.23. The number of fused-ring (bicyclic) bond motifs is 2. The van der Waals surface area contributed by atoms with Crippen LogP contribution in [0.1, 0.15) is 11.1 Å². The number of hydrogen-bond donors (Lipinski definition) is 0. The molecule has 29 heavy (non-hydrogen) atoms. The van der Waals surface area contributed by atoms with Gasteiger partial charge in [-0.25, -0.2) is 9.97 Å². The van der Waals surface area contributed by atoms with Gasteiger partial charge in [-0.05, 0) is 24.1 Å². The Bertz CT molecular complexity index is 1010. The Morgan fingerprint density at radius 2 is 1.79 bits per heavy atom. The molecule has 1 aliphatic rings.